The topological polar surface area (TPSA) is 165 Å². The molecule has 12 heteroatoms. The summed E-state index contributed by atoms with van der Waals surface area (Å²) in [7, 11) is 1.89. The number of amidine groups is 1. The number of fused-ring (bicyclic) bond motifs is 1. The number of nitrogens with two attached hydrogens (primary N) is 1. The van der Waals surface area contributed by atoms with Crippen LogP contribution in [0.15, 0.2) is 71.9 Å². The summed E-state index contributed by atoms with van der Waals surface area (Å²) in [6.45, 7) is 4.30. The van der Waals surface area contributed by atoms with E-state index in [0.29, 0.717) is 29.0 Å². The van der Waals surface area contributed by atoms with Gasteiger partial charge in [0.25, 0.3) is 5.91 Å². The molecule has 1 unspecified atom stereocenters. The van der Waals surface area contributed by atoms with Gasteiger partial charge in [-0.2, -0.15) is 4.99 Å². The molecule has 2 amide bonds. The van der Waals surface area contributed by atoms with Gasteiger partial charge in [-0.25, -0.2) is 14.8 Å². The molecule has 0 aliphatic carbocycles. The third-order valence-corrected chi connectivity index (χ3v) is 7.05. The SMILES string of the molecule is CCCCC(C)OC(=O)/N=C(\N)c1ccc(NCc2nc3cc(C(=O)N(CCC(=O)O)c4ccccn4)ccc3n2C)cc1. The molecule has 0 aliphatic rings. The third kappa shape index (κ3) is 8.18. The zero-order valence-electron chi connectivity index (χ0n) is 25.1. The summed E-state index contributed by atoms with van der Waals surface area (Å²) >= 11 is 0. The fourth-order valence-corrected chi connectivity index (χ4v) is 4.59. The van der Waals surface area contributed by atoms with Crippen molar-refractivity contribution >= 4 is 46.3 Å². The van der Waals surface area contributed by atoms with E-state index in [0.717, 1.165) is 36.3 Å². The van der Waals surface area contributed by atoms with Crippen LogP contribution in [0.1, 0.15) is 61.3 Å². The second-order valence-electron chi connectivity index (χ2n) is 10.3. The van der Waals surface area contributed by atoms with E-state index in [1.807, 2.05) is 36.7 Å². The van der Waals surface area contributed by atoms with Crippen LogP contribution < -0.4 is 16.0 Å². The number of nitrogens with zero attached hydrogens (tertiary/aromatic N) is 5. The van der Waals surface area contributed by atoms with Gasteiger partial charge in [-0.05, 0) is 67.9 Å². The Labute approximate surface area is 255 Å². The number of carbonyl (C=O) groups excluding carboxylic acids is 2. The maximum Gasteiger partial charge on any atom is 0.435 e. The van der Waals surface area contributed by atoms with Crippen molar-refractivity contribution in [2.24, 2.45) is 17.8 Å². The van der Waals surface area contributed by atoms with Crippen molar-refractivity contribution in [3.05, 3.63) is 83.8 Å². The fourth-order valence-electron chi connectivity index (χ4n) is 4.59. The van der Waals surface area contributed by atoms with Gasteiger partial charge < -0.3 is 25.5 Å². The van der Waals surface area contributed by atoms with Crippen molar-refractivity contribution < 1.29 is 24.2 Å². The van der Waals surface area contributed by atoms with Gasteiger partial charge in [0.1, 0.15) is 23.6 Å². The fraction of sp³-hybridized carbons (Fsp3) is 0.312. The highest BCUT2D eigenvalue weighted by Crippen LogP contribution is 2.21. The van der Waals surface area contributed by atoms with Gasteiger partial charge in [0.15, 0.2) is 0 Å². The van der Waals surface area contributed by atoms with Gasteiger partial charge in [0.05, 0.1) is 24.0 Å². The lowest BCUT2D eigenvalue weighted by Gasteiger charge is -2.21. The first-order valence-corrected chi connectivity index (χ1v) is 14.5. The number of anilines is 2. The van der Waals surface area contributed by atoms with Crippen molar-refractivity contribution in [1.82, 2.24) is 14.5 Å². The standard InChI is InChI=1S/C32H37N7O5/c1-4-5-8-21(2)44-32(43)37-30(33)22-10-13-24(14-11-22)35-20-28-36-25-19-23(12-15-26(25)38(28)3)31(42)39(18-16-29(40)41)27-9-6-7-17-34-27/h6-7,9-15,17,19,21,35H,4-5,8,16,18,20H2,1-3H3,(H,40,41)(H2,33,37,43). The minimum Gasteiger partial charge on any atom is -0.481 e. The van der Waals surface area contributed by atoms with Crippen LogP contribution in [0, 0.1) is 0 Å². The number of nitrogens with one attached hydrogen (secondary N) is 1. The van der Waals surface area contributed by atoms with E-state index in [4.69, 9.17) is 15.5 Å². The Morgan fingerprint density at radius 2 is 1.86 bits per heavy atom. The molecule has 0 spiro atoms. The van der Waals surface area contributed by atoms with E-state index in [2.05, 4.69) is 22.2 Å². The number of hydrogen-bond donors (Lipinski definition) is 3. The Balaban J connectivity index is 1.43. The Hall–Kier alpha value is -5.26. The number of aliphatic carboxylic acids is 1. The van der Waals surface area contributed by atoms with Crippen LogP contribution in [-0.2, 0) is 23.1 Å². The molecule has 4 N–H and O–H groups in total. The number of rotatable bonds is 13. The van der Waals surface area contributed by atoms with Crippen LogP contribution in [0.4, 0.5) is 16.3 Å². The van der Waals surface area contributed by atoms with Gasteiger partial charge in [0.2, 0.25) is 0 Å². The normalized spacial score (nSPS) is 12.1. The maximum atomic E-state index is 13.4. The summed E-state index contributed by atoms with van der Waals surface area (Å²) < 4.78 is 7.22. The minimum absolute atomic E-state index is 0.0146. The molecule has 0 aliphatic heterocycles. The molecule has 0 radical (unpaired) electrons. The number of carboxylic acid groups (broad SMARTS) is 1. The molecule has 230 valence electrons. The summed E-state index contributed by atoms with van der Waals surface area (Å²) in [5.41, 5.74) is 9.27. The number of ether oxygens (including phenoxy) is 1. The zero-order chi connectivity index (χ0) is 31.6. The molecule has 12 nitrogen and oxygen atoms in total. The molecular formula is C32H37N7O5. The Morgan fingerprint density at radius 3 is 2.55 bits per heavy atom. The van der Waals surface area contributed by atoms with Crippen LogP contribution in [0.2, 0.25) is 0 Å². The van der Waals surface area contributed by atoms with Crippen LogP contribution in [0.3, 0.4) is 0 Å². The lowest BCUT2D eigenvalue weighted by atomic mass is 10.1. The minimum atomic E-state index is -1.00. The number of carbonyl (C=O) groups is 3. The second kappa shape index (κ2) is 14.8. The van der Waals surface area contributed by atoms with E-state index >= 15 is 0 Å². The van der Waals surface area contributed by atoms with Crippen molar-refractivity contribution in [1.29, 1.82) is 0 Å². The van der Waals surface area contributed by atoms with E-state index in [9.17, 15) is 19.5 Å². The van der Waals surface area contributed by atoms with Crippen LogP contribution in [0.25, 0.3) is 11.0 Å². The Kier molecular flexibility index (Phi) is 10.6. The van der Waals surface area contributed by atoms with Crippen LogP contribution in [0.5, 0.6) is 0 Å². The number of benzene rings is 2. The molecule has 4 rings (SSSR count). The maximum absolute atomic E-state index is 13.4. The zero-order valence-corrected chi connectivity index (χ0v) is 25.1. The first-order valence-electron chi connectivity index (χ1n) is 14.5. The summed E-state index contributed by atoms with van der Waals surface area (Å²) in [6, 6.07) is 17.5. The average molecular weight is 600 g/mol. The molecule has 0 saturated carbocycles. The largest absolute Gasteiger partial charge is 0.481 e. The van der Waals surface area contributed by atoms with Crippen molar-refractivity contribution in [2.75, 3.05) is 16.8 Å². The number of aromatic nitrogens is 3. The molecule has 0 saturated heterocycles. The molecule has 1 atom stereocenters. The molecule has 0 bridgehead atoms. The lowest BCUT2D eigenvalue weighted by molar-refractivity contribution is -0.136. The number of unbranched alkanes of at least 4 members (excludes halogenated alkanes) is 1. The highest BCUT2D eigenvalue weighted by Gasteiger charge is 2.21. The van der Waals surface area contributed by atoms with E-state index in [-0.39, 0.29) is 30.8 Å². The number of imidazole rings is 1. The number of pyridine rings is 1. The number of carboxylic acids is 1. The van der Waals surface area contributed by atoms with Gasteiger partial charge >= 0.3 is 12.1 Å². The summed E-state index contributed by atoms with van der Waals surface area (Å²) in [4.78, 5) is 50.9. The van der Waals surface area contributed by atoms with Gasteiger partial charge in [0, 0.05) is 36.6 Å². The number of hydrogen-bond acceptors (Lipinski definition) is 7. The quantitative estimate of drug-likeness (QED) is 0.140. The Bertz CT molecular complexity index is 1630. The van der Waals surface area contributed by atoms with Gasteiger partial charge in [-0.1, -0.05) is 25.8 Å². The molecule has 2 aromatic heterocycles. The molecule has 4 aromatic rings. The summed E-state index contributed by atoms with van der Waals surface area (Å²) in [6.07, 6.45) is 3.20. The number of aryl methyl sites for hydroxylation is 1. The Morgan fingerprint density at radius 1 is 1.11 bits per heavy atom. The van der Waals surface area contributed by atoms with E-state index < -0.39 is 12.1 Å². The van der Waals surface area contributed by atoms with Gasteiger partial charge in [-0.15, -0.1) is 0 Å². The van der Waals surface area contributed by atoms with Crippen LogP contribution >= 0.6 is 0 Å². The van der Waals surface area contributed by atoms with E-state index in [1.165, 1.54) is 4.90 Å². The van der Waals surface area contributed by atoms with Crippen molar-refractivity contribution in [3.63, 3.8) is 0 Å². The second-order valence-corrected chi connectivity index (χ2v) is 10.3. The van der Waals surface area contributed by atoms with Crippen LogP contribution in [-0.4, -0.2) is 56.1 Å². The number of amides is 2. The monoisotopic (exact) mass is 599 g/mol. The predicted octanol–water partition coefficient (Wildman–Crippen LogP) is 5.12. The lowest BCUT2D eigenvalue weighted by Crippen LogP contribution is -2.33. The first-order chi connectivity index (χ1) is 21.2. The molecule has 2 aromatic carbocycles. The molecule has 2 heterocycles. The highest BCUT2D eigenvalue weighted by molar-refractivity contribution is 6.07. The molecule has 0 fully saturated rings. The smallest absolute Gasteiger partial charge is 0.435 e. The highest BCUT2D eigenvalue weighted by atomic mass is 16.6. The average Bonchev–Trinajstić information content (AvgIpc) is 3.33. The molecule has 44 heavy (non-hydrogen) atoms. The molecular weight excluding hydrogens is 562 g/mol. The van der Waals surface area contributed by atoms with Crippen molar-refractivity contribution in [2.45, 2.75) is 52.2 Å². The summed E-state index contributed by atoms with van der Waals surface area (Å²) in [5, 5.41) is 12.5. The number of aliphatic imine (C=N–C) groups is 1. The van der Waals surface area contributed by atoms with E-state index in [1.54, 1.807) is 48.7 Å². The van der Waals surface area contributed by atoms with Crippen molar-refractivity contribution in [3.8, 4) is 0 Å². The third-order valence-electron chi connectivity index (χ3n) is 7.05. The first kappa shape index (κ1) is 31.7. The predicted molar refractivity (Wildman–Crippen MR) is 169 cm³/mol. The van der Waals surface area contributed by atoms with Gasteiger partial charge in [-0.3, -0.25) is 14.5 Å². The summed E-state index contributed by atoms with van der Waals surface area (Å²) in [5.74, 6) is -0.174.